The average molecular weight is 301 g/mol. The minimum Gasteiger partial charge on any atom is -0.306 e. The van der Waals surface area contributed by atoms with E-state index in [1.165, 1.54) is 39.0 Å². The van der Waals surface area contributed by atoms with Crippen LogP contribution in [0.5, 0.6) is 0 Å². The van der Waals surface area contributed by atoms with Crippen molar-refractivity contribution in [3.63, 3.8) is 0 Å². The highest BCUT2D eigenvalue weighted by Gasteiger charge is 2.39. The molecule has 0 aromatic rings. The Morgan fingerprint density at radius 2 is 1.55 bits per heavy atom. The first-order valence-electron chi connectivity index (χ1n) is 7.78. The van der Waals surface area contributed by atoms with Gasteiger partial charge < -0.3 is 9.80 Å². The maximum Gasteiger partial charge on any atom is 0.211 e. The Kier molecular flexibility index (Phi) is 4.10. The van der Waals surface area contributed by atoms with Crippen LogP contribution in [0.3, 0.4) is 0 Å². The third-order valence-corrected chi connectivity index (χ3v) is 6.61. The Bertz CT molecular complexity index is 431. The number of piperidine rings is 1. The van der Waals surface area contributed by atoms with Crippen LogP contribution in [0.1, 0.15) is 12.8 Å². The number of likely N-dealkylation sites (tertiary alicyclic amines) is 2. The topological polar surface area (TPSA) is 43.9 Å². The number of hydrogen-bond donors (Lipinski definition) is 0. The number of rotatable bonds is 3. The first-order valence-corrected chi connectivity index (χ1v) is 9.62. The zero-order valence-electron chi connectivity index (χ0n) is 12.7. The summed E-state index contributed by atoms with van der Waals surface area (Å²) in [4.78, 5) is 5.08. The fourth-order valence-electron chi connectivity index (χ4n) is 4.26. The van der Waals surface area contributed by atoms with Crippen molar-refractivity contribution in [1.29, 1.82) is 0 Å². The number of nitrogens with zero attached hydrogens (tertiary/aromatic N) is 3. The molecule has 3 aliphatic heterocycles. The van der Waals surface area contributed by atoms with Gasteiger partial charge in [-0.05, 0) is 37.6 Å². The molecular weight excluding hydrogens is 274 g/mol. The molecule has 20 heavy (non-hydrogen) atoms. The van der Waals surface area contributed by atoms with Crippen LogP contribution in [0.25, 0.3) is 0 Å². The standard InChI is InChI=1S/C14H27N3O2S/c1-15-8-13-10-16(11-14(13)9-15)7-12-3-5-17(6-4-12)20(2,18)19/h12-14H,3-11H2,1-2H3/t13-,14+. The Morgan fingerprint density at radius 3 is 2.05 bits per heavy atom. The molecule has 0 N–H and O–H groups in total. The molecule has 3 aliphatic rings. The van der Waals surface area contributed by atoms with Gasteiger partial charge in [-0.2, -0.15) is 0 Å². The molecule has 0 aromatic heterocycles. The lowest BCUT2D eigenvalue weighted by atomic mass is 9.97. The fourth-order valence-corrected chi connectivity index (χ4v) is 5.14. The van der Waals surface area contributed by atoms with Crippen LogP contribution in [-0.4, -0.2) is 81.6 Å². The molecule has 3 heterocycles. The summed E-state index contributed by atoms with van der Waals surface area (Å²) in [5, 5.41) is 0. The van der Waals surface area contributed by atoms with Gasteiger partial charge in [0.2, 0.25) is 10.0 Å². The van der Waals surface area contributed by atoms with Gasteiger partial charge in [0.1, 0.15) is 0 Å². The molecule has 3 saturated heterocycles. The molecule has 0 bridgehead atoms. The van der Waals surface area contributed by atoms with Crippen molar-refractivity contribution in [3.8, 4) is 0 Å². The van der Waals surface area contributed by atoms with Crippen LogP contribution >= 0.6 is 0 Å². The van der Waals surface area contributed by atoms with Crippen LogP contribution in [-0.2, 0) is 10.0 Å². The van der Waals surface area contributed by atoms with Crippen LogP contribution in [0.2, 0.25) is 0 Å². The Hall–Kier alpha value is -0.170. The molecule has 0 aromatic carbocycles. The van der Waals surface area contributed by atoms with E-state index in [1.807, 2.05) is 0 Å². The molecule has 3 rings (SSSR count). The third-order valence-electron chi connectivity index (χ3n) is 5.30. The molecule has 5 nitrogen and oxygen atoms in total. The minimum atomic E-state index is -2.98. The van der Waals surface area contributed by atoms with Crippen molar-refractivity contribution < 1.29 is 8.42 Å². The number of fused-ring (bicyclic) bond motifs is 1. The van der Waals surface area contributed by atoms with Gasteiger partial charge in [0.15, 0.2) is 0 Å². The largest absolute Gasteiger partial charge is 0.306 e. The molecule has 0 unspecified atom stereocenters. The van der Waals surface area contributed by atoms with E-state index in [-0.39, 0.29) is 0 Å². The highest BCUT2D eigenvalue weighted by molar-refractivity contribution is 7.88. The summed E-state index contributed by atoms with van der Waals surface area (Å²) in [5.74, 6) is 2.43. The SMILES string of the molecule is CN1C[C@@H]2CN(CC3CCN(S(C)(=O)=O)CC3)C[C@@H]2C1. The molecule has 116 valence electrons. The summed E-state index contributed by atoms with van der Waals surface area (Å²) < 4.78 is 24.7. The van der Waals surface area contributed by atoms with Crippen molar-refractivity contribution in [3.05, 3.63) is 0 Å². The summed E-state index contributed by atoms with van der Waals surface area (Å²) in [6.07, 6.45) is 3.38. The Morgan fingerprint density at radius 1 is 1.00 bits per heavy atom. The Labute approximate surface area is 123 Å². The summed E-state index contributed by atoms with van der Waals surface area (Å²) in [6, 6.07) is 0. The second kappa shape index (κ2) is 5.55. The predicted octanol–water partition coefficient (Wildman–Crippen LogP) is 0.151. The van der Waals surface area contributed by atoms with Crippen molar-refractivity contribution in [2.75, 3.05) is 59.1 Å². The van der Waals surface area contributed by atoms with Crippen LogP contribution < -0.4 is 0 Å². The molecule has 0 saturated carbocycles. The van der Waals surface area contributed by atoms with E-state index in [0.717, 1.165) is 24.7 Å². The second-order valence-corrected chi connectivity index (χ2v) is 9.05. The van der Waals surface area contributed by atoms with Gasteiger partial charge in [0.05, 0.1) is 6.26 Å². The molecule has 0 amide bonds. The van der Waals surface area contributed by atoms with E-state index in [0.29, 0.717) is 19.0 Å². The molecule has 2 atom stereocenters. The van der Waals surface area contributed by atoms with Gasteiger partial charge in [-0.15, -0.1) is 0 Å². The van der Waals surface area contributed by atoms with Gasteiger partial charge in [0.25, 0.3) is 0 Å². The Balaban J connectivity index is 1.45. The number of hydrogen-bond acceptors (Lipinski definition) is 4. The molecule has 0 spiro atoms. The van der Waals surface area contributed by atoms with Crippen LogP contribution in [0.4, 0.5) is 0 Å². The lowest BCUT2D eigenvalue weighted by Gasteiger charge is -2.32. The van der Waals surface area contributed by atoms with E-state index in [4.69, 9.17) is 0 Å². The summed E-state index contributed by atoms with van der Waals surface area (Å²) in [6.45, 7) is 7.62. The second-order valence-electron chi connectivity index (χ2n) is 7.07. The van der Waals surface area contributed by atoms with Crippen LogP contribution in [0.15, 0.2) is 0 Å². The van der Waals surface area contributed by atoms with Crippen molar-refractivity contribution in [1.82, 2.24) is 14.1 Å². The zero-order chi connectivity index (χ0) is 14.3. The maximum absolute atomic E-state index is 11.5. The molecule has 0 aliphatic carbocycles. The average Bonchev–Trinajstić information content (AvgIpc) is 2.85. The van der Waals surface area contributed by atoms with E-state index < -0.39 is 10.0 Å². The third kappa shape index (κ3) is 3.18. The highest BCUT2D eigenvalue weighted by atomic mass is 32.2. The summed E-state index contributed by atoms with van der Waals surface area (Å²) >= 11 is 0. The normalized spacial score (nSPS) is 34.7. The quantitative estimate of drug-likeness (QED) is 0.744. The lowest BCUT2D eigenvalue weighted by Crippen LogP contribution is -2.41. The van der Waals surface area contributed by atoms with Crippen LogP contribution in [0, 0.1) is 17.8 Å². The lowest BCUT2D eigenvalue weighted by molar-refractivity contribution is 0.192. The fraction of sp³-hybridized carbons (Fsp3) is 1.00. The molecular formula is C14H27N3O2S. The van der Waals surface area contributed by atoms with Gasteiger partial charge >= 0.3 is 0 Å². The van der Waals surface area contributed by atoms with Crippen molar-refractivity contribution >= 4 is 10.0 Å². The van der Waals surface area contributed by atoms with Gasteiger partial charge in [-0.25, -0.2) is 12.7 Å². The van der Waals surface area contributed by atoms with Gasteiger partial charge in [-0.1, -0.05) is 0 Å². The molecule has 3 fully saturated rings. The van der Waals surface area contributed by atoms with E-state index in [2.05, 4.69) is 16.8 Å². The van der Waals surface area contributed by atoms with E-state index >= 15 is 0 Å². The number of sulfonamides is 1. The van der Waals surface area contributed by atoms with Gasteiger partial charge in [0, 0.05) is 45.8 Å². The van der Waals surface area contributed by atoms with Crippen molar-refractivity contribution in [2.45, 2.75) is 12.8 Å². The van der Waals surface area contributed by atoms with Gasteiger partial charge in [-0.3, -0.25) is 0 Å². The summed E-state index contributed by atoms with van der Waals surface area (Å²) in [5.41, 5.74) is 0. The van der Waals surface area contributed by atoms with Crippen molar-refractivity contribution in [2.24, 2.45) is 17.8 Å². The first kappa shape index (κ1) is 14.8. The van der Waals surface area contributed by atoms with E-state index in [9.17, 15) is 8.42 Å². The maximum atomic E-state index is 11.5. The zero-order valence-corrected chi connectivity index (χ0v) is 13.5. The smallest absolute Gasteiger partial charge is 0.211 e. The predicted molar refractivity (Wildman–Crippen MR) is 80.1 cm³/mol. The first-order chi connectivity index (χ1) is 9.41. The summed E-state index contributed by atoms with van der Waals surface area (Å²) in [7, 11) is -0.755. The minimum absolute atomic E-state index is 0.685. The highest BCUT2D eigenvalue weighted by Crippen LogP contribution is 2.31. The molecule has 0 radical (unpaired) electrons. The van der Waals surface area contributed by atoms with E-state index in [1.54, 1.807) is 4.31 Å². The monoisotopic (exact) mass is 301 g/mol. The molecule has 6 heteroatoms.